The van der Waals surface area contributed by atoms with Crippen molar-refractivity contribution in [3.8, 4) is 0 Å². The molecular weight excluding hydrogens is 288 g/mol. The quantitative estimate of drug-likeness (QED) is 0.786. The fourth-order valence-electron chi connectivity index (χ4n) is 3.50. The van der Waals surface area contributed by atoms with Gasteiger partial charge in [-0.2, -0.15) is 0 Å². The highest BCUT2D eigenvalue weighted by Gasteiger charge is 2.51. The molecule has 0 spiro atoms. The van der Waals surface area contributed by atoms with Gasteiger partial charge in [-0.3, -0.25) is 4.79 Å². The van der Waals surface area contributed by atoms with Gasteiger partial charge in [0.2, 0.25) is 5.91 Å². The zero-order valence-corrected chi connectivity index (χ0v) is 13.9. The van der Waals surface area contributed by atoms with Crippen molar-refractivity contribution in [2.45, 2.75) is 44.6 Å². The molecule has 1 aliphatic heterocycles. The third-order valence-electron chi connectivity index (χ3n) is 5.12. The van der Waals surface area contributed by atoms with Gasteiger partial charge in [-0.05, 0) is 50.6 Å². The zero-order valence-electron chi connectivity index (χ0n) is 13.9. The maximum atomic E-state index is 12.9. The van der Waals surface area contributed by atoms with Gasteiger partial charge in [0.25, 0.3) is 0 Å². The molecule has 0 atom stereocenters. The van der Waals surface area contributed by atoms with Crippen molar-refractivity contribution in [2.75, 3.05) is 26.2 Å². The van der Waals surface area contributed by atoms with Crippen molar-refractivity contribution in [2.24, 2.45) is 11.1 Å². The summed E-state index contributed by atoms with van der Waals surface area (Å²) in [5.41, 5.74) is 6.65. The molecule has 1 aromatic rings. The molecule has 0 unspecified atom stereocenters. The van der Waals surface area contributed by atoms with Gasteiger partial charge in [0.15, 0.2) is 0 Å². The summed E-state index contributed by atoms with van der Waals surface area (Å²) in [6, 6.07) is 10.4. The summed E-state index contributed by atoms with van der Waals surface area (Å²) in [4.78, 5) is 15.0. The second kappa shape index (κ2) is 7.45. The van der Waals surface area contributed by atoms with E-state index in [1.165, 1.54) is 5.56 Å². The van der Waals surface area contributed by atoms with Gasteiger partial charge >= 0.3 is 0 Å². The van der Waals surface area contributed by atoms with Crippen molar-refractivity contribution < 1.29 is 9.53 Å². The third-order valence-corrected chi connectivity index (χ3v) is 5.12. The SMILES string of the molecule is NCCCOC1CCN(C(=O)C2(Cc3ccccc3)CC2)CC1. The molecule has 2 fully saturated rings. The number of carbonyl (C=O) groups is 1. The molecule has 1 aromatic carbocycles. The summed E-state index contributed by atoms with van der Waals surface area (Å²) in [5.74, 6) is 0.363. The Bertz CT molecular complexity index is 505. The van der Waals surface area contributed by atoms with Crippen LogP contribution in [-0.2, 0) is 16.0 Å². The number of hydrogen-bond acceptors (Lipinski definition) is 3. The van der Waals surface area contributed by atoms with Gasteiger partial charge in [-0.25, -0.2) is 0 Å². The second-order valence-corrected chi connectivity index (χ2v) is 6.95. The fraction of sp³-hybridized carbons (Fsp3) is 0.632. The molecule has 2 aliphatic rings. The molecule has 1 aliphatic carbocycles. The highest BCUT2D eigenvalue weighted by atomic mass is 16.5. The van der Waals surface area contributed by atoms with E-state index < -0.39 is 0 Å². The fourth-order valence-corrected chi connectivity index (χ4v) is 3.50. The van der Waals surface area contributed by atoms with Crippen LogP contribution >= 0.6 is 0 Å². The molecule has 3 rings (SSSR count). The molecule has 23 heavy (non-hydrogen) atoms. The smallest absolute Gasteiger partial charge is 0.229 e. The molecule has 1 saturated carbocycles. The molecule has 126 valence electrons. The minimum absolute atomic E-state index is 0.116. The molecular formula is C19H28N2O2. The first-order chi connectivity index (χ1) is 11.2. The lowest BCUT2D eigenvalue weighted by Gasteiger charge is -2.34. The van der Waals surface area contributed by atoms with Crippen molar-refractivity contribution in [3.05, 3.63) is 35.9 Å². The minimum atomic E-state index is -0.116. The predicted octanol–water partition coefficient (Wildman–Crippen LogP) is 2.37. The number of likely N-dealkylation sites (tertiary alicyclic amines) is 1. The average molecular weight is 316 g/mol. The van der Waals surface area contributed by atoms with E-state index in [0.717, 1.165) is 58.2 Å². The van der Waals surface area contributed by atoms with E-state index in [2.05, 4.69) is 29.2 Å². The Morgan fingerprint density at radius 2 is 1.91 bits per heavy atom. The lowest BCUT2D eigenvalue weighted by atomic mass is 9.93. The first kappa shape index (κ1) is 16.5. The first-order valence-electron chi connectivity index (χ1n) is 8.88. The largest absolute Gasteiger partial charge is 0.378 e. The molecule has 0 radical (unpaired) electrons. The van der Waals surface area contributed by atoms with Gasteiger partial charge < -0.3 is 15.4 Å². The Kier molecular flexibility index (Phi) is 5.34. The Morgan fingerprint density at radius 3 is 2.52 bits per heavy atom. The third kappa shape index (κ3) is 4.12. The van der Waals surface area contributed by atoms with Crippen LogP contribution < -0.4 is 5.73 Å². The summed E-state index contributed by atoms with van der Waals surface area (Å²) in [5, 5.41) is 0. The number of hydrogen-bond donors (Lipinski definition) is 1. The Hall–Kier alpha value is -1.39. The second-order valence-electron chi connectivity index (χ2n) is 6.95. The zero-order chi connectivity index (χ0) is 16.1. The predicted molar refractivity (Wildman–Crippen MR) is 91.0 cm³/mol. The molecule has 0 aromatic heterocycles. The van der Waals surface area contributed by atoms with Crippen LogP contribution in [0.1, 0.15) is 37.7 Å². The van der Waals surface area contributed by atoms with Crippen LogP contribution in [-0.4, -0.2) is 43.2 Å². The van der Waals surface area contributed by atoms with Crippen LogP contribution in [0.4, 0.5) is 0 Å². The van der Waals surface area contributed by atoms with Crippen molar-refractivity contribution in [3.63, 3.8) is 0 Å². The summed E-state index contributed by atoms with van der Waals surface area (Å²) < 4.78 is 5.83. The highest BCUT2D eigenvalue weighted by Crippen LogP contribution is 2.50. The molecule has 0 bridgehead atoms. The number of carbonyl (C=O) groups excluding carboxylic acids is 1. The van der Waals surface area contributed by atoms with E-state index in [1.807, 2.05) is 6.07 Å². The molecule has 1 amide bonds. The van der Waals surface area contributed by atoms with E-state index in [1.54, 1.807) is 0 Å². The van der Waals surface area contributed by atoms with Gasteiger partial charge in [0, 0.05) is 19.7 Å². The van der Waals surface area contributed by atoms with Crippen LogP contribution in [0, 0.1) is 5.41 Å². The summed E-state index contributed by atoms with van der Waals surface area (Å²) in [6.07, 6.45) is 6.09. The molecule has 1 heterocycles. The van der Waals surface area contributed by atoms with E-state index in [9.17, 15) is 4.79 Å². The number of amides is 1. The van der Waals surface area contributed by atoms with Crippen LogP contribution in [0.2, 0.25) is 0 Å². The Morgan fingerprint density at radius 1 is 1.22 bits per heavy atom. The number of piperidine rings is 1. The van der Waals surface area contributed by atoms with E-state index in [0.29, 0.717) is 18.6 Å². The van der Waals surface area contributed by atoms with Crippen LogP contribution in [0.25, 0.3) is 0 Å². The molecule has 4 heteroatoms. The minimum Gasteiger partial charge on any atom is -0.378 e. The van der Waals surface area contributed by atoms with Crippen molar-refractivity contribution >= 4 is 5.91 Å². The Labute approximate surface area is 139 Å². The van der Waals surface area contributed by atoms with E-state index >= 15 is 0 Å². The van der Waals surface area contributed by atoms with Gasteiger partial charge in [-0.15, -0.1) is 0 Å². The van der Waals surface area contributed by atoms with E-state index in [-0.39, 0.29) is 5.41 Å². The summed E-state index contributed by atoms with van der Waals surface area (Å²) >= 11 is 0. The van der Waals surface area contributed by atoms with Crippen LogP contribution in [0.15, 0.2) is 30.3 Å². The van der Waals surface area contributed by atoms with Crippen LogP contribution in [0.3, 0.4) is 0 Å². The number of nitrogens with zero attached hydrogens (tertiary/aromatic N) is 1. The Balaban J connectivity index is 1.49. The van der Waals surface area contributed by atoms with Gasteiger partial charge in [0.1, 0.15) is 0 Å². The van der Waals surface area contributed by atoms with E-state index in [4.69, 9.17) is 10.5 Å². The summed E-state index contributed by atoms with van der Waals surface area (Å²) in [6.45, 7) is 3.09. The molecule has 2 N–H and O–H groups in total. The number of nitrogens with two attached hydrogens (primary N) is 1. The normalized spacial score (nSPS) is 20.5. The standard InChI is InChI=1S/C19H28N2O2/c20-11-4-14-23-17-7-12-21(13-8-17)18(22)19(9-10-19)15-16-5-2-1-3-6-16/h1-3,5-6,17H,4,7-15,20H2. The summed E-state index contributed by atoms with van der Waals surface area (Å²) in [7, 11) is 0. The van der Waals surface area contributed by atoms with Crippen LogP contribution in [0.5, 0.6) is 0 Å². The van der Waals surface area contributed by atoms with Crippen molar-refractivity contribution in [1.29, 1.82) is 0 Å². The number of benzene rings is 1. The number of ether oxygens (including phenoxy) is 1. The van der Waals surface area contributed by atoms with Gasteiger partial charge in [-0.1, -0.05) is 30.3 Å². The number of rotatable bonds is 7. The topological polar surface area (TPSA) is 55.6 Å². The van der Waals surface area contributed by atoms with Gasteiger partial charge in [0.05, 0.1) is 11.5 Å². The lowest BCUT2D eigenvalue weighted by Crippen LogP contribution is -2.45. The maximum Gasteiger partial charge on any atom is 0.229 e. The monoisotopic (exact) mass is 316 g/mol. The first-order valence-corrected chi connectivity index (χ1v) is 8.88. The maximum absolute atomic E-state index is 12.9. The highest BCUT2D eigenvalue weighted by molar-refractivity contribution is 5.85. The van der Waals surface area contributed by atoms with Crippen molar-refractivity contribution in [1.82, 2.24) is 4.90 Å². The average Bonchev–Trinajstić information content (AvgIpc) is 3.37. The lowest BCUT2D eigenvalue weighted by molar-refractivity contribution is -0.139. The molecule has 4 nitrogen and oxygen atoms in total. The molecule has 1 saturated heterocycles.